The number of hydrogen-bond acceptors (Lipinski definition) is 6. The molecule has 5 rings (SSSR count). The number of Topliss-reactive ketones (excluding diaryl/α,β-unsaturated/α-hetero) is 2. The lowest BCUT2D eigenvalue weighted by Gasteiger charge is -2.37. The van der Waals surface area contributed by atoms with E-state index in [1.165, 1.54) is 0 Å². The summed E-state index contributed by atoms with van der Waals surface area (Å²) in [6.07, 6.45) is 4.52. The minimum absolute atomic E-state index is 0.0469. The van der Waals surface area contributed by atoms with Gasteiger partial charge in [-0.15, -0.1) is 0 Å². The average molecular weight is 412 g/mol. The van der Waals surface area contributed by atoms with Crippen LogP contribution in [-0.4, -0.2) is 35.6 Å². The number of nitrogens with one attached hydrogen (secondary N) is 2. The van der Waals surface area contributed by atoms with Gasteiger partial charge in [-0.3, -0.25) is 15.0 Å². The van der Waals surface area contributed by atoms with Gasteiger partial charge in [0.1, 0.15) is 16.5 Å². The lowest BCUT2D eigenvalue weighted by Crippen LogP contribution is -2.44. The number of benzene rings is 1. The van der Waals surface area contributed by atoms with Crippen molar-refractivity contribution in [2.24, 2.45) is 5.92 Å². The topological polar surface area (TPSA) is 74.6 Å². The molecule has 3 aliphatic rings. The van der Waals surface area contributed by atoms with E-state index in [4.69, 9.17) is 16.0 Å². The fourth-order valence-electron chi connectivity index (χ4n) is 4.71. The van der Waals surface area contributed by atoms with Gasteiger partial charge in [-0.2, -0.15) is 0 Å². The van der Waals surface area contributed by atoms with Crippen molar-refractivity contribution >= 4 is 23.2 Å². The molecule has 6 nitrogen and oxygen atoms in total. The van der Waals surface area contributed by atoms with Crippen LogP contribution in [0.25, 0.3) is 0 Å². The van der Waals surface area contributed by atoms with E-state index in [9.17, 15) is 9.59 Å². The Morgan fingerprint density at radius 3 is 2.38 bits per heavy atom. The van der Waals surface area contributed by atoms with Crippen LogP contribution >= 0.6 is 11.6 Å². The molecule has 2 saturated heterocycles. The number of hydrogen-bond donors (Lipinski definition) is 2. The zero-order valence-electron chi connectivity index (χ0n) is 15.9. The fourth-order valence-corrected chi connectivity index (χ4v) is 5.01. The third-order valence-electron chi connectivity index (χ3n) is 6.28. The molecule has 2 unspecified atom stereocenters. The van der Waals surface area contributed by atoms with Gasteiger partial charge in [0.05, 0.1) is 12.3 Å². The van der Waals surface area contributed by atoms with Crippen molar-refractivity contribution < 1.29 is 14.0 Å². The molecule has 2 fully saturated rings. The van der Waals surface area contributed by atoms with Crippen molar-refractivity contribution in [1.82, 2.24) is 15.8 Å². The number of rotatable bonds is 3. The summed E-state index contributed by atoms with van der Waals surface area (Å²) in [7, 11) is 0. The molecule has 0 spiro atoms. The lowest BCUT2D eigenvalue weighted by atomic mass is 9.85. The quantitative estimate of drug-likeness (QED) is 0.806. The summed E-state index contributed by atoms with van der Waals surface area (Å²) in [6, 6.07) is 11.3. The Hall–Kier alpha value is -2.41. The third-order valence-corrected chi connectivity index (χ3v) is 6.63. The van der Waals surface area contributed by atoms with Crippen LogP contribution in [0.5, 0.6) is 0 Å². The summed E-state index contributed by atoms with van der Waals surface area (Å²) in [4.78, 5) is 27.6. The zero-order valence-corrected chi connectivity index (χ0v) is 16.6. The van der Waals surface area contributed by atoms with E-state index >= 15 is 0 Å². The zero-order chi connectivity index (χ0) is 20.0. The first-order valence-corrected chi connectivity index (χ1v) is 10.4. The summed E-state index contributed by atoms with van der Waals surface area (Å²) in [6.45, 7) is 1.42. The molecule has 3 heterocycles. The second kappa shape index (κ2) is 7.44. The molecule has 1 aromatic heterocycles. The van der Waals surface area contributed by atoms with Crippen LogP contribution in [0, 0.1) is 5.92 Å². The number of ketones is 2. The highest BCUT2D eigenvalue weighted by Crippen LogP contribution is 2.35. The molecule has 7 heteroatoms. The Kier molecular flexibility index (Phi) is 4.78. The Morgan fingerprint density at radius 1 is 0.966 bits per heavy atom. The van der Waals surface area contributed by atoms with E-state index in [2.05, 4.69) is 10.9 Å². The number of nitrogens with zero attached hydrogens (tertiary/aromatic N) is 1. The van der Waals surface area contributed by atoms with Crippen LogP contribution in [0.1, 0.15) is 51.8 Å². The molecule has 150 valence electrons. The maximum absolute atomic E-state index is 13.0. The van der Waals surface area contributed by atoms with Crippen LogP contribution in [0.2, 0.25) is 0 Å². The molecule has 0 saturated carbocycles. The van der Waals surface area contributed by atoms with Gasteiger partial charge in [0.15, 0.2) is 0 Å². The van der Waals surface area contributed by atoms with Crippen LogP contribution in [0.15, 0.2) is 57.8 Å². The van der Waals surface area contributed by atoms with Crippen LogP contribution in [0.4, 0.5) is 0 Å². The van der Waals surface area contributed by atoms with Gasteiger partial charge < -0.3 is 9.32 Å². The highest BCUT2D eigenvalue weighted by molar-refractivity contribution is 6.49. The summed E-state index contributed by atoms with van der Waals surface area (Å²) >= 11 is 6.36. The van der Waals surface area contributed by atoms with Crippen molar-refractivity contribution in [3.8, 4) is 0 Å². The second-order valence-electron chi connectivity index (χ2n) is 7.89. The Labute approximate surface area is 173 Å². The highest BCUT2D eigenvalue weighted by atomic mass is 35.5. The fraction of sp³-hybridized carbons (Fsp3) is 0.364. The standard InChI is InChI=1S/C22H22ClN3O3/c23-19-20(22(28)15-5-2-1-4-14(15)21(19)27)26-9-7-13(8-10-26)16-12-17(25-24-16)18-6-3-11-29-18/h1-6,11,13,16-17,24-25H,7-10,12H2. The third kappa shape index (κ3) is 3.21. The molecule has 29 heavy (non-hydrogen) atoms. The van der Waals surface area contributed by atoms with Crippen LogP contribution < -0.4 is 10.9 Å². The van der Waals surface area contributed by atoms with Gasteiger partial charge in [0.25, 0.3) is 0 Å². The van der Waals surface area contributed by atoms with E-state index in [0.717, 1.165) is 25.0 Å². The van der Waals surface area contributed by atoms with E-state index in [0.29, 0.717) is 41.9 Å². The second-order valence-corrected chi connectivity index (χ2v) is 8.27. The molecular formula is C22H22ClN3O3. The average Bonchev–Trinajstić information content (AvgIpc) is 3.45. The van der Waals surface area contributed by atoms with Gasteiger partial charge in [-0.05, 0) is 37.3 Å². The lowest BCUT2D eigenvalue weighted by molar-refractivity contribution is 0.0926. The summed E-state index contributed by atoms with van der Waals surface area (Å²) in [5.74, 6) is 1.02. The molecule has 1 aliphatic carbocycles. The first-order valence-electron chi connectivity index (χ1n) is 10.0. The largest absolute Gasteiger partial charge is 0.468 e. The minimum Gasteiger partial charge on any atom is -0.468 e. The number of furan rings is 1. The van der Waals surface area contributed by atoms with Gasteiger partial charge in [-0.1, -0.05) is 35.9 Å². The van der Waals surface area contributed by atoms with E-state index in [-0.39, 0.29) is 22.6 Å². The highest BCUT2D eigenvalue weighted by Gasteiger charge is 2.38. The monoisotopic (exact) mass is 411 g/mol. The predicted molar refractivity (Wildman–Crippen MR) is 108 cm³/mol. The van der Waals surface area contributed by atoms with E-state index < -0.39 is 0 Å². The first kappa shape index (κ1) is 18.6. The van der Waals surface area contributed by atoms with Gasteiger partial charge in [0.2, 0.25) is 11.6 Å². The van der Waals surface area contributed by atoms with Crippen LogP contribution in [0.3, 0.4) is 0 Å². The normalized spacial score (nSPS) is 25.6. The molecule has 2 aromatic rings. The summed E-state index contributed by atoms with van der Waals surface area (Å²) in [5, 5.41) is 0.0469. The van der Waals surface area contributed by atoms with Crippen molar-refractivity contribution in [2.45, 2.75) is 31.3 Å². The molecule has 0 bridgehead atoms. The Bertz CT molecular complexity index is 977. The first-order chi connectivity index (χ1) is 14.1. The van der Waals surface area contributed by atoms with Crippen molar-refractivity contribution in [1.29, 1.82) is 0 Å². The van der Waals surface area contributed by atoms with Gasteiger partial charge in [-0.25, -0.2) is 5.43 Å². The number of carbonyl (C=O) groups excluding carboxylic acids is 2. The summed E-state index contributed by atoms with van der Waals surface area (Å²) in [5.41, 5.74) is 7.94. The Morgan fingerprint density at radius 2 is 1.69 bits per heavy atom. The number of piperidine rings is 1. The number of carbonyl (C=O) groups is 2. The maximum atomic E-state index is 13.0. The number of likely N-dealkylation sites (tertiary alicyclic amines) is 1. The van der Waals surface area contributed by atoms with Crippen molar-refractivity contribution in [3.05, 3.63) is 70.3 Å². The SMILES string of the molecule is O=C1C(Cl)=C(N2CCC(C3CC(c4ccco4)NN3)CC2)C(=O)c2ccccc21. The Balaban J connectivity index is 1.27. The van der Waals surface area contributed by atoms with E-state index in [1.807, 2.05) is 17.0 Å². The molecule has 1 aromatic carbocycles. The number of halogens is 1. The molecule has 2 N–H and O–H groups in total. The van der Waals surface area contributed by atoms with E-state index in [1.54, 1.807) is 30.5 Å². The van der Waals surface area contributed by atoms with Crippen molar-refractivity contribution in [3.63, 3.8) is 0 Å². The molecule has 0 radical (unpaired) electrons. The maximum Gasteiger partial charge on any atom is 0.211 e. The van der Waals surface area contributed by atoms with Gasteiger partial charge in [0, 0.05) is 30.3 Å². The molecule has 0 amide bonds. The molecular weight excluding hydrogens is 390 g/mol. The number of allylic oxidation sites excluding steroid dienone is 2. The summed E-state index contributed by atoms with van der Waals surface area (Å²) < 4.78 is 5.51. The number of hydrazine groups is 1. The van der Waals surface area contributed by atoms with Gasteiger partial charge >= 0.3 is 0 Å². The molecule has 2 aliphatic heterocycles. The molecule has 2 atom stereocenters. The van der Waals surface area contributed by atoms with Crippen molar-refractivity contribution in [2.75, 3.05) is 13.1 Å². The smallest absolute Gasteiger partial charge is 0.211 e. The number of fused-ring (bicyclic) bond motifs is 1. The predicted octanol–water partition coefficient (Wildman–Crippen LogP) is 3.43. The minimum atomic E-state index is -0.262. The van der Waals surface area contributed by atoms with Crippen LogP contribution in [-0.2, 0) is 0 Å².